The smallest absolute Gasteiger partial charge is 0.305 e. The molecule has 0 fully saturated rings. The Hall–Kier alpha value is -1.05. The highest BCUT2D eigenvalue weighted by molar-refractivity contribution is 5.68. The summed E-state index contributed by atoms with van der Waals surface area (Å²) in [5.74, 6) is -0.0827. The van der Waals surface area contributed by atoms with Crippen LogP contribution in [0.4, 0.5) is 0 Å². The van der Waals surface area contributed by atoms with Gasteiger partial charge in [-0.3, -0.25) is 4.79 Å². The average molecular weight is 294 g/mol. The largest absolute Gasteiger partial charge is 0.469 e. The summed E-state index contributed by atoms with van der Waals surface area (Å²) in [6.07, 6.45) is 23.0. The first-order chi connectivity index (χ1) is 10.3. The molecule has 0 spiro atoms. The first-order valence-corrected chi connectivity index (χ1v) is 8.68. The fourth-order valence-electron chi connectivity index (χ4n) is 2.18. The van der Waals surface area contributed by atoms with Crippen LogP contribution in [0.3, 0.4) is 0 Å². The van der Waals surface area contributed by atoms with Gasteiger partial charge in [-0.1, -0.05) is 63.3 Å². The van der Waals surface area contributed by atoms with Gasteiger partial charge in [0.15, 0.2) is 0 Å². The molecule has 0 heterocycles. The molecule has 2 heteroatoms. The molecule has 0 aromatic rings. The van der Waals surface area contributed by atoms with Crippen molar-refractivity contribution in [2.24, 2.45) is 0 Å². The van der Waals surface area contributed by atoms with Crippen molar-refractivity contribution in [3.05, 3.63) is 24.3 Å². The van der Waals surface area contributed by atoms with Gasteiger partial charge < -0.3 is 4.74 Å². The zero-order chi connectivity index (χ0) is 15.6. The topological polar surface area (TPSA) is 26.3 Å². The fraction of sp³-hybridized carbons (Fsp3) is 0.737. The summed E-state index contributed by atoms with van der Waals surface area (Å²) >= 11 is 0. The van der Waals surface area contributed by atoms with E-state index in [1.807, 2.05) is 0 Å². The molecule has 0 aliphatic heterocycles. The van der Waals surface area contributed by atoms with Crippen molar-refractivity contribution < 1.29 is 9.53 Å². The molecule has 0 aliphatic carbocycles. The van der Waals surface area contributed by atoms with Crippen molar-refractivity contribution in [2.45, 2.75) is 84.0 Å². The summed E-state index contributed by atoms with van der Waals surface area (Å²) in [5, 5.41) is 0. The number of unbranched alkanes of at least 4 members (excludes halogenated alkanes) is 8. The quantitative estimate of drug-likeness (QED) is 0.224. The highest BCUT2D eigenvalue weighted by atomic mass is 16.5. The van der Waals surface area contributed by atoms with Gasteiger partial charge >= 0.3 is 5.97 Å². The van der Waals surface area contributed by atoms with Crippen LogP contribution in [0.1, 0.15) is 84.0 Å². The van der Waals surface area contributed by atoms with Gasteiger partial charge in [0.25, 0.3) is 0 Å². The standard InChI is InChI=1S/C19H34O2/c1-3-4-5-6-7-8-9-10-11-12-13-14-15-16-17-18-19(20)21-2/h7-8,10-11H,3-6,9,12-18H2,1-2H3/b8-7+,11-10-. The molecule has 0 bridgehead atoms. The van der Waals surface area contributed by atoms with Gasteiger partial charge in [0.05, 0.1) is 7.11 Å². The number of esters is 1. The molecule has 0 saturated carbocycles. The van der Waals surface area contributed by atoms with Gasteiger partial charge in [0, 0.05) is 6.42 Å². The summed E-state index contributed by atoms with van der Waals surface area (Å²) in [7, 11) is 1.45. The lowest BCUT2D eigenvalue weighted by Crippen LogP contribution is -1.98. The van der Waals surface area contributed by atoms with E-state index in [0.717, 1.165) is 19.3 Å². The third-order valence-electron chi connectivity index (χ3n) is 3.56. The predicted octanol–water partition coefficient (Wildman–Crippen LogP) is 5.97. The van der Waals surface area contributed by atoms with Crippen molar-refractivity contribution in [3.63, 3.8) is 0 Å². The Balaban J connectivity index is 3.20. The summed E-state index contributed by atoms with van der Waals surface area (Å²) in [5.41, 5.74) is 0. The molecule has 0 unspecified atom stereocenters. The number of carbonyl (C=O) groups is 1. The number of methoxy groups -OCH3 is 1. The van der Waals surface area contributed by atoms with E-state index in [4.69, 9.17) is 0 Å². The second kappa shape index (κ2) is 17.0. The van der Waals surface area contributed by atoms with Gasteiger partial charge in [0.2, 0.25) is 0 Å². The highest BCUT2D eigenvalue weighted by Gasteiger charge is 1.98. The summed E-state index contributed by atoms with van der Waals surface area (Å²) in [6, 6.07) is 0. The van der Waals surface area contributed by atoms with Gasteiger partial charge in [-0.25, -0.2) is 0 Å². The van der Waals surface area contributed by atoms with Crippen molar-refractivity contribution in [1.29, 1.82) is 0 Å². The lowest BCUT2D eigenvalue weighted by atomic mass is 10.1. The maximum absolute atomic E-state index is 10.9. The molecule has 122 valence electrons. The van der Waals surface area contributed by atoms with Crippen molar-refractivity contribution in [1.82, 2.24) is 0 Å². The van der Waals surface area contributed by atoms with Crippen LogP contribution in [0, 0.1) is 0 Å². The van der Waals surface area contributed by atoms with Crippen molar-refractivity contribution in [2.75, 3.05) is 7.11 Å². The van der Waals surface area contributed by atoms with Crippen LogP contribution < -0.4 is 0 Å². The number of rotatable bonds is 14. The van der Waals surface area contributed by atoms with Crippen LogP contribution in [0.2, 0.25) is 0 Å². The molecule has 0 amide bonds. The minimum absolute atomic E-state index is 0.0827. The molecule has 0 aromatic heterocycles. The molecule has 2 nitrogen and oxygen atoms in total. The Labute approximate surface area is 131 Å². The maximum Gasteiger partial charge on any atom is 0.305 e. The van der Waals surface area contributed by atoms with E-state index < -0.39 is 0 Å². The van der Waals surface area contributed by atoms with Crippen molar-refractivity contribution in [3.8, 4) is 0 Å². The average Bonchev–Trinajstić information content (AvgIpc) is 2.50. The van der Waals surface area contributed by atoms with Gasteiger partial charge in [-0.2, -0.15) is 0 Å². The van der Waals surface area contributed by atoms with E-state index >= 15 is 0 Å². The lowest BCUT2D eigenvalue weighted by Gasteiger charge is -1.99. The Morgan fingerprint density at radius 3 is 2.00 bits per heavy atom. The minimum atomic E-state index is -0.0827. The third kappa shape index (κ3) is 16.9. The Morgan fingerprint density at radius 1 is 0.810 bits per heavy atom. The molecule has 0 N–H and O–H groups in total. The lowest BCUT2D eigenvalue weighted by molar-refractivity contribution is -0.140. The first kappa shape index (κ1) is 19.9. The highest BCUT2D eigenvalue weighted by Crippen LogP contribution is 2.08. The van der Waals surface area contributed by atoms with Gasteiger partial charge in [0.1, 0.15) is 0 Å². The first-order valence-electron chi connectivity index (χ1n) is 8.68. The van der Waals surface area contributed by atoms with Crippen LogP contribution in [0.15, 0.2) is 24.3 Å². The monoisotopic (exact) mass is 294 g/mol. The molecule has 0 aliphatic rings. The van der Waals surface area contributed by atoms with Gasteiger partial charge in [-0.05, 0) is 38.5 Å². The van der Waals surface area contributed by atoms with Crippen LogP contribution in [-0.4, -0.2) is 13.1 Å². The number of allylic oxidation sites excluding steroid dienone is 4. The van der Waals surface area contributed by atoms with E-state index in [2.05, 4.69) is 36.0 Å². The summed E-state index contributed by atoms with van der Waals surface area (Å²) < 4.78 is 4.62. The van der Waals surface area contributed by atoms with Crippen LogP contribution in [-0.2, 0) is 9.53 Å². The minimum Gasteiger partial charge on any atom is -0.469 e. The third-order valence-corrected chi connectivity index (χ3v) is 3.56. The number of ether oxygens (including phenoxy) is 1. The van der Waals surface area contributed by atoms with Crippen molar-refractivity contribution >= 4 is 5.97 Å². The molecule has 0 atom stereocenters. The van der Waals surface area contributed by atoms with Crippen LogP contribution >= 0.6 is 0 Å². The van der Waals surface area contributed by atoms with E-state index in [-0.39, 0.29) is 5.97 Å². The Kier molecular flexibility index (Phi) is 16.2. The van der Waals surface area contributed by atoms with E-state index in [9.17, 15) is 4.79 Å². The second-order valence-corrected chi connectivity index (χ2v) is 5.56. The molecule has 0 saturated heterocycles. The fourth-order valence-corrected chi connectivity index (χ4v) is 2.18. The SMILES string of the molecule is CCCCC/C=C/C/C=C\CCCCCCCC(=O)OC. The molecule has 0 rings (SSSR count). The Bertz CT molecular complexity index is 279. The van der Waals surface area contributed by atoms with Gasteiger partial charge in [-0.15, -0.1) is 0 Å². The zero-order valence-corrected chi connectivity index (χ0v) is 14.1. The molecular weight excluding hydrogens is 260 g/mol. The Morgan fingerprint density at radius 2 is 1.38 bits per heavy atom. The summed E-state index contributed by atoms with van der Waals surface area (Å²) in [4.78, 5) is 10.9. The second-order valence-electron chi connectivity index (χ2n) is 5.56. The maximum atomic E-state index is 10.9. The molecule has 21 heavy (non-hydrogen) atoms. The van der Waals surface area contributed by atoms with E-state index in [0.29, 0.717) is 6.42 Å². The molecule has 0 radical (unpaired) electrons. The van der Waals surface area contributed by atoms with Crippen LogP contribution in [0.5, 0.6) is 0 Å². The summed E-state index contributed by atoms with van der Waals surface area (Å²) in [6.45, 7) is 2.24. The number of hydrogen-bond donors (Lipinski definition) is 0. The molecular formula is C19H34O2. The molecule has 0 aromatic carbocycles. The normalized spacial score (nSPS) is 11.5. The zero-order valence-electron chi connectivity index (χ0n) is 14.1. The predicted molar refractivity (Wildman–Crippen MR) is 91.4 cm³/mol. The number of hydrogen-bond acceptors (Lipinski definition) is 2. The van der Waals surface area contributed by atoms with Crippen LogP contribution in [0.25, 0.3) is 0 Å². The van der Waals surface area contributed by atoms with E-state index in [1.54, 1.807) is 0 Å². The van der Waals surface area contributed by atoms with E-state index in [1.165, 1.54) is 58.5 Å². The number of carbonyl (C=O) groups excluding carboxylic acids is 1.